The highest BCUT2D eigenvalue weighted by atomic mass is 16.1. The zero-order valence-electron chi connectivity index (χ0n) is 10.2. The molecule has 1 aliphatic heterocycles. The van der Waals surface area contributed by atoms with E-state index >= 15 is 0 Å². The molecule has 3 nitrogen and oxygen atoms in total. The molecular formula is C14H18N2O. The summed E-state index contributed by atoms with van der Waals surface area (Å²) in [7, 11) is 2.13. The fourth-order valence-electron chi connectivity index (χ4n) is 2.04. The van der Waals surface area contributed by atoms with Crippen molar-refractivity contribution in [3.8, 4) is 0 Å². The third-order valence-corrected chi connectivity index (χ3v) is 3.18. The van der Waals surface area contributed by atoms with Gasteiger partial charge in [0.15, 0.2) is 5.78 Å². The van der Waals surface area contributed by atoms with E-state index in [0.29, 0.717) is 0 Å². The summed E-state index contributed by atoms with van der Waals surface area (Å²) in [6.45, 7) is 7.69. The molecule has 0 saturated carbocycles. The van der Waals surface area contributed by atoms with Gasteiger partial charge in [-0.25, -0.2) is 0 Å². The minimum absolute atomic E-state index is 0.0130. The first-order chi connectivity index (χ1) is 8.20. The van der Waals surface area contributed by atoms with Crippen LogP contribution in [0.4, 0.5) is 5.69 Å². The first kappa shape index (κ1) is 11.9. The van der Waals surface area contributed by atoms with E-state index in [1.165, 1.54) is 6.08 Å². The summed E-state index contributed by atoms with van der Waals surface area (Å²) in [5, 5.41) is 0. The van der Waals surface area contributed by atoms with Gasteiger partial charge in [0.1, 0.15) is 0 Å². The highest BCUT2D eigenvalue weighted by Gasteiger charge is 2.14. The van der Waals surface area contributed by atoms with Crippen LogP contribution in [0.15, 0.2) is 36.9 Å². The second-order valence-corrected chi connectivity index (χ2v) is 4.41. The first-order valence-electron chi connectivity index (χ1n) is 5.91. The zero-order valence-corrected chi connectivity index (χ0v) is 10.2. The molecule has 1 heterocycles. The summed E-state index contributed by atoms with van der Waals surface area (Å²) in [6, 6.07) is 7.79. The molecule has 1 saturated heterocycles. The third kappa shape index (κ3) is 2.74. The van der Waals surface area contributed by atoms with Gasteiger partial charge >= 0.3 is 0 Å². The lowest BCUT2D eigenvalue weighted by Crippen LogP contribution is -2.44. The Balaban J connectivity index is 2.16. The van der Waals surface area contributed by atoms with E-state index in [9.17, 15) is 4.79 Å². The van der Waals surface area contributed by atoms with Gasteiger partial charge in [0.05, 0.1) is 0 Å². The lowest BCUT2D eigenvalue weighted by Gasteiger charge is -2.34. The minimum Gasteiger partial charge on any atom is -0.369 e. The first-order valence-corrected chi connectivity index (χ1v) is 5.91. The molecule has 1 aliphatic rings. The number of carbonyl (C=O) groups is 1. The molecule has 0 atom stereocenters. The number of piperazine rings is 1. The second kappa shape index (κ2) is 5.15. The van der Waals surface area contributed by atoms with Gasteiger partial charge in [0, 0.05) is 37.4 Å². The Kier molecular flexibility index (Phi) is 3.59. The van der Waals surface area contributed by atoms with Crippen molar-refractivity contribution in [2.75, 3.05) is 38.1 Å². The predicted molar refractivity (Wildman–Crippen MR) is 70.7 cm³/mol. The number of carbonyl (C=O) groups excluding carboxylic acids is 1. The average molecular weight is 230 g/mol. The molecule has 0 amide bonds. The summed E-state index contributed by atoms with van der Waals surface area (Å²) < 4.78 is 0. The van der Waals surface area contributed by atoms with Crippen LogP contribution in [0, 0.1) is 0 Å². The number of anilines is 1. The van der Waals surface area contributed by atoms with Gasteiger partial charge < -0.3 is 9.80 Å². The van der Waals surface area contributed by atoms with E-state index in [1.807, 2.05) is 18.2 Å². The average Bonchev–Trinajstić information content (AvgIpc) is 2.39. The normalized spacial score (nSPS) is 16.9. The number of benzene rings is 1. The summed E-state index contributed by atoms with van der Waals surface area (Å²) >= 11 is 0. The molecule has 2 rings (SSSR count). The van der Waals surface area contributed by atoms with Gasteiger partial charge in [0.2, 0.25) is 0 Å². The van der Waals surface area contributed by atoms with Crippen molar-refractivity contribution >= 4 is 11.5 Å². The fraction of sp³-hybridized carbons (Fsp3) is 0.357. The SMILES string of the molecule is C=CC(=O)c1cccc(N2CCN(C)CC2)c1. The molecule has 0 spiro atoms. The Bertz CT molecular complexity index is 420. The Morgan fingerprint density at radius 3 is 2.65 bits per heavy atom. The second-order valence-electron chi connectivity index (χ2n) is 4.41. The van der Waals surface area contributed by atoms with Crippen LogP contribution in [-0.2, 0) is 0 Å². The van der Waals surface area contributed by atoms with Gasteiger partial charge in [-0.05, 0) is 25.3 Å². The summed E-state index contributed by atoms with van der Waals surface area (Å²) in [5.74, 6) is -0.0130. The number of allylic oxidation sites excluding steroid dienone is 1. The van der Waals surface area contributed by atoms with E-state index in [0.717, 1.165) is 37.4 Å². The molecule has 1 aromatic carbocycles. The maximum atomic E-state index is 11.6. The zero-order chi connectivity index (χ0) is 12.3. The predicted octanol–water partition coefficient (Wildman–Crippen LogP) is 1.81. The highest BCUT2D eigenvalue weighted by molar-refractivity contribution is 6.04. The molecule has 0 aromatic heterocycles. The number of likely N-dealkylation sites (N-methyl/N-ethyl adjacent to an activating group) is 1. The lowest BCUT2D eigenvalue weighted by molar-refractivity contribution is 0.104. The summed E-state index contributed by atoms with van der Waals surface area (Å²) in [6.07, 6.45) is 1.36. The van der Waals surface area contributed by atoms with E-state index in [1.54, 1.807) is 0 Å². The lowest BCUT2D eigenvalue weighted by atomic mass is 10.1. The molecule has 17 heavy (non-hydrogen) atoms. The van der Waals surface area contributed by atoms with Crippen LogP contribution < -0.4 is 4.90 Å². The standard InChI is InChI=1S/C14H18N2O/c1-3-14(17)12-5-4-6-13(11-12)16-9-7-15(2)8-10-16/h3-6,11H,1,7-10H2,2H3. The quantitative estimate of drug-likeness (QED) is 0.584. The fourth-order valence-corrected chi connectivity index (χ4v) is 2.04. The summed E-state index contributed by atoms with van der Waals surface area (Å²) in [4.78, 5) is 16.2. The number of hydrogen-bond donors (Lipinski definition) is 0. The van der Waals surface area contributed by atoms with Gasteiger partial charge in [0.25, 0.3) is 0 Å². The molecule has 3 heteroatoms. The molecule has 1 aromatic rings. The van der Waals surface area contributed by atoms with Crippen molar-refractivity contribution in [1.82, 2.24) is 4.90 Å². The third-order valence-electron chi connectivity index (χ3n) is 3.18. The van der Waals surface area contributed by atoms with Crippen LogP contribution in [0.25, 0.3) is 0 Å². The largest absolute Gasteiger partial charge is 0.369 e. The Morgan fingerprint density at radius 2 is 2.00 bits per heavy atom. The van der Waals surface area contributed by atoms with Crippen LogP contribution in [0.2, 0.25) is 0 Å². The topological polar surface area (TPSA) is 23.6 Å². The molecule has 0 unspecified atom stereocenters. The number of ketones is 1. The van der Waals surface area contributed by atoms with Crippen molar-refractivity contribution < 1.29 is 4.79 Å². The van der Waals surface area contributed by atoms with E-state index in [2.05, 4.69) is 29.5 Å². The maximum absolute atomic E-state index is 11.6. The molecule has 0 bridgehead atoms. The molecule has 0 N–H and O–H groups in total. The molecule has 90 valence electrons. The van der Waals surface area contributed by atoms with Crippen molar-refractivity contribution in [2.24, 2.45) is 0 Å². The van der Waals surface area contributed by atoms with Crippen LogP contribution in [-0.4, -0.2) is 43.9 Å². The molecular weight excluding hydrogens is 212 g/mol. The Labute approximate surface area is 102 Å². The molecule has 0 radical (unpaired) electrons. The monoisotopic (exact) mass is 230 g/mol. The maximum Gasteiger partial charge on any atom is 0.185 e. The van der Waals surface area contributed by atoms with Crippen LogP contribution >= 0.6 is 0 Å². The van der Waals surface area contributed by atoms with Crippen molar-refractivity contribution in [3.05, 3.63) is 42.5 Å². The van der Waals surface area contributed by atoms with Crippen molar-refractivity contribution in [2.45, 2.75) is 0 Å². The van der Waals surface area contributed by atoms with Crippen LogP contribution in [0.5, 0.6) is 0 Å². The van der Waals surface area contributed by atoms with Crippen molar-refractivity contribution in [1.29, 1.82) is 0 Å². The Hall–Kier alpha value is -1.61. The number of rotatable bonds is 3. The number of nitrogens with zero attached hydrogens (tertiary/aromatic N) is 2. The van der Waals surface area contributed by atoms with E-state index in [4.69, 9.17) is 0 Å². The van der Waals surface area contributed by atoms with Gasteiger partial charge in [-0.1, -0.05) is 18.7 Å². The van der Waals surface area contributed by atoms with Crippen LogP contribution in [0.1, 0.15) is 10.4 Å². The molecule has 0 aliphatic carbocycles. The van der Waals surface area contributed by atoms with Gasteiger partial charge in [-0.2, -0.15) is 0 Å². The molecule has 1 fully saturated rings. The number of hydrogen-bond acceptors (Lipinski definition) is 3. The van der Waals surface area contributed by atoms with E-state index in [-0.39, 0.29) is 5.78 Å². The minimum atomic E-state index is -0.0130. The van der Waals surface area contributed by atoms with Crippen molar-refractivity contribution in [3.63, 3.8) is 0 Å². The highest BCUT2D eigenvalue weighted by Crippen LogP contribution is 2.18. The van der Waals surface area contributed by atoms with Crippen LogP contribution in [0.3, 0.4) is 0 Å². The Morgan fingerprint density at radius 1 is 1.29 bits per heavy atom. The summed E-state index contributed by atoms with van der Waals surface area (Å²) in [5.41, 5.74) is 1.85. The van der Waals surface area contributed by atoms with Gasteiger partial charge in [-0.15, -0.1) is 0 Å². The van der Waals surface area contributed by atoms with Gasteiger partial charge in [-0.3, -0.25) is 4.79 Å². The smallest absolute Gasteiger partial charge is 0.185 e. The van der Waals surface area contributed by atoms with E-state index < -0.39 is 0 Å².